The summed E-state index contributed by atoms with van der Waals surface area (Å²) in [6.07, 6.45) is 1.67. The average Bonchev–Trinajstić information content (AvgIpc) is 2.82. The third-order valence-electron chi connectivity index (χ3n) is 2.55. The van der Waals surface area contributed by atoms with E-state index in [1.54, 1.807) is 6.20 Å². The maximum Gasteiger partial charge on any atom is 0.335 e. The molecule has 0 aliphatic heterocycles. The summed E-state index contributed by atoms with van der Waals surface area (Å²) in [6.45, 7) is 1.98. The predicted octanol–water partition coefficient (Wildman–Crippen LogP) is 2.39. The number of nitrogens with zero attached hydrogens (tertiary/aromatic N) is 1. The van der Waals surface area contributed by atoms with Crippen LogP contribution < -0.4 is 4.72 Å². The van der Waals surface area contributed by atoms with Crippen LogP contribution in [0.4, 0.5) is 0 Å². The number of carboxylic acid groups (broad SMARTS) is 1. The standard InChI is InChI=1S/C12H11BrN2O4S2/c1-7-5-14-11(20-7)6-15-21(18,19)10-3-2-8(12(16)17)4-9(10)13/h2-5,15H,6H2,1H3,(H,16,17). The maximum atomic E-state index is 12.2. The Morgan fingerprint density at radius 2 is 2.19 bits per heavy atom. The van der Waals surface area contributed by atoms with Crippen molar-refractivity contribution in [2.45, 2.75) is 18.4 Å². The van der Waals surface area contributed by atoms with E-state index in [2.05, 4.69) is 25.6 Å². The quantitative estimate of drug-likeness (QED) is 0.816. The van der Waals surface area contributed by atoms with Gasteiger partial charge in [-0.2, -0.15) is 0 Å². The second kappa shape index (κ2) is 6.22. The molecule has 1 aromatic heterocycles. The molecule has 21 heavy (non-hydrogen) atoms. The van der Waals surface area contributed by atoms with Gasteiger partial charge in [-0.1, -0.05) is 0 Å². The Morgan fingerprint density at radius 1 is 1.48 bits per heavy atom. The lowest BCUT2D eigenvalue weighted by atomic mass is 10.2. The van der Waals surface area contributed by atoms with Gasteiger partial charge in [0.05, 0.1) is 17.0 Å². The fourth-order valence-electron chi connectivity index (χ4n) is 1.57. The van der Waals surface area contributed by atoms with Gasteiger partial charge < -0.3 is 5.11 Å². The molecule has 0 spiro atoms. The lowest BCUT2D eigenvalue weighted by Gasteiger charge is -2.08. The van der Waals surface area contributed by atoms with E-state index in [4.69, 9.17) is 5.11 Å². The van der Waals surface area contributed by atoms with Gasteiger partial charge in [-0.15, -0.1) is 11.3 Å². The molecule has 6 nitrogen and oxygen atoms in total. The van der Waals surface area contributed by atoms with Gasteiger partial charge in [-0.25, -0.2) is 22.9 Å². The van der Waals surface area contributed by atoms with E-state index < -0.39 is 16.0 Å². The zero-order valence-corrected chi connectivity index (χ0v) is 14.0. The van der Waals surface area contributed by atoms with Gasteiger partial charge in [0.2, 0.25) is 10.0 Å². The number of carbonyl (C=O) groups is 1. The molecule has 0 atom stereocenters. The summed E-state index contributed by atoms with van der Waals surface area (Å²) in [5.41, 5.74) is 0.0105. The summed E-state index contributed by atoms with van der Waals surface area (Å²) in [7, 11) is -3.75. The van der Waals surface area contributed by atoms with Gasteiger partial charge in [0.15, 0.2) is 0 Å². The zero-order chi connectivity index (χ0) is 15.6. The van der Waals surface area contributed by atoms with Gasteiger partial charge in [0.25, 0.3) is 0 Å². The van der Waals surface area contributed by atoms with Crippen molar-refractivity contribution in [3.63, 3.8) is 0 Å². The molecule has 0 aliphatic carbocycles. The van der Waals surface area contributed by atoms with E-state index in [0.717, 1.165) is 4.88 Å². The number of halogens is 1. The molecular weight excluding hydrogens is 380 g/mol. The van der Waals surface area contributed by atoms with Crippen LogP contribution in [0.2, 0.25) is 0 Å². The molecule has 2 aromatic rings. The van der Waals surface area contributed by atoms with Crippen LogP contribution in [0.1, 0.15) is 20.2 Å². The number of nitrogens with one attached hydrogen (secondary N) is 1. The molecule has 0 amide bonds. The first-order valence-corrected chi connectivity index (χ1v) is 8.82. The van der Waals surface area contributed by atoms with Crippen LogP contribution in [0.15, 0.2) is 33.8 Å². The molecule has 112 valence electrons. The number of sulfonamides is 1. The average molecular weight is 391 g/mol. The number of aromatic nitrogens is 1. The van der Waals surface area contributed by atoms with Gasteiger partial charge in [0.1, 0.15) is 5.01 Å². The smallest absolute Gasteiger partial charge is 0.335 e. The van der Waals surface area contributed by atoms with Gasteiger partial charge >= 0.3 is 5.97 Å². The Hall–Kier alpha value is -1.29. The van der Waals surface area contributed by atoms with Crippen LogP contribution in [0.5, 0.6) is 0 Å². The van der Waals surface area contributed by atoms with E-state index in [1.165, 1.54) is 29.5 Å². The summed E-state index contributed by atoms with van der Waals surface area (Å²) in [5, 5.41) is 9.53. The molecule has 0 saturated carbocycles. The molecule has 0 radical (unpaired) electrons. The summed E-state index contributed by atoms with van der Waals surface area (Å²) >= 11 is 4.49. The minimum absolute atomic E-state index is 0.0105. The summed E-state index contributed by atoms with van der Waals surface area (Å²) in [4.78, 5) is 15.9. The first-order valence-electron chi connectivity index (χ1n) is 5.73. The first-order chi connectivity index (χ1) is 9.79. The van der Waals surface area contributed by atoms with Crippen molar-refractivity contribution < 1.29 is 18.3 Å². The van der Waals surface area contributed by atoms with E-state index >= 15 is 0 Å². The van der Waals surface area contributed by atoms with Gasteiger partial charge in [0, 0.05) is 15.5 Å². The SMILES string of the molecule is Cc1cnc(CNS(=O)(=O)c2ccc(C(=O)O)cc2Br)s1. The van der Waals surface area contributed by atoms with Crippen molar-refractivity contribution in [2.24, 2.45) is 0 Å². The molecule has 0 bridgehead atoms. The maximum absolute atomic E-state index is 12.2. The van der Waals surface area contributed by atoms with Gasteiger partial charge in [-0.3, -0.25) is 0 Å². The number of aryl methyl sites for hydroxylation is 1. The lowest BCUT2D eigenvalue weighted by molar-refractivity contribution is 0.0696. The minimum Gasteiger partial charge on any atom is -0.478 e. The molecule has 9 heteroatoms. The first kappa shape index (κ1) is 16.1. The second-order valence-corrected chi connectivity index (χ2v) is 8.05. The molecule has 0 fully saturated rings. The van der Waals surface area contributed by atoms with Crippen LogP contribution in [-0.4, -0.2) is 24.5 Å². The van der Waals surface area contributed by atoms with E-state index in [1.807, 2.05) is 6.92 Å². The van der Waals surface area contributed by atoms with E-state index in [9.17, 15) is 13.2 Å². The number of hydrogen-bond acceptors (Lipinski definition) is 5. The lowest BCUT2D eigenvalue weighted by Crippen LogP contribution is -2.23. The van der Waals surface area contributed by atoms with Crippen molar-refractivity contribution >= 4 is 43.3 Å². The molecular formula is C12H11BrN2O4S2. The summed E-state index contributed by atoms with van der Waals surface area (Å²) < 4.78 is 27.0. The Kier molecular flexibility index (Phi) is 4.77. The largest absolute Gasteiger partial charge is 0.478 e. The van der Waals surface area contributed by atoms with Crippen molar-refractivity contribution in [2.75, 3.05) is 0 Å². The van der Waals surface area contributed by atoms with Crippen molar-refractivity contribution in [3.8, 4) is 0 Å². The Morgan fingerprint density at radius 3 is 2.71 bits per heavy atom. The predicted molar refractivity (Wildman–Crippen MR) is 82.0 cm³/mol. The van der Waals surface area contributed by atoms with Crippen molar-refractivity contribution in [3.05, 3.63) is 44.3 Å². The number of carboxylic acids is 1. The van der Waals surface area contributed by atoms with Crippen molar-refractivity contribution in [1.82, 2.24) is 9.71 Å². The topological polar surface area (TPSA) is 96.4 Å². The van der Waals surface area contributed by atoms with Crippen LogP contribution >= 0.6 is 27.3 Å². The molecule has 2 rings (SSSR count). The molecule has 1 aromatic carbocycles. The third-order valence-corrected chi connectivity index (χ3v) is 5.84. The molecule has 2 N–H and O–H groups in total. The summed E-state index contributed by atoms with van der Waals surface area (Å²) in [5.74, 6) is -1.12. The van der Waals surface area contributed by atoms with E-state index in [-0.39, 0.29) is 21.5 Å². The number of hydrogen-bond donors (Lipinski definition) is 2. The Bertz CT molecular complexity index is 786. The second-order valence-electron chi connectivity index (χ2n) is 4.14. The highest BCUT2D eigenvalue weighted by molar-refractivity contribution is 9.10. The fraction of sp³-hybridized carbons (Fsp3) is 0.167. The highest BCUT2D eigenvalue weighted by Crippen LogP contribution is 2.23. The van der Waals surface area contributed by atoms with E-state index in [0.29, 0.717) is 5.01 Å². The molecule has 0 unspecified atom stereocenters. The van der Waals surface area contributed by atoms with Crippen molar-refractivity contribution in [1.29, 1.82) is 0 Å². The Balaban J connectivity index is 2.21. The summed E-state index contributed by atoms with van der Waals surface area (Å²) in [6, 6.07) is 3.75. The highest BCUT2D eigenvalue weighted by atomic mass is 79.9. The normalized spacial score (nSPS) is 11.5. The van der Waals surface area contributed by atoms with Crippen LogP contribution in [0.25, 0.3) is 0 Å². The third kappa shape index (κ3) is 3.88. The molecule has 0 saturated heterocycles. The number of aromatic carboxylic acids is 1. The highest BCUT2D eigenvalue weighted by Gasteiger charge is 2.19. The van der Waals surface area contributed by atoms with Gasteiger partial charge in [-0.05, 0) is 41.1 Å². The number of benzene rings is 1. The molecule has 1 heterocycles. The van der Waals surface area contributed by atoms with Crippen LogP contribution in [0.3, 0.4) is 0 Å². The fourth-order valence-corrected chi connectivity index (χ4v) is 4.45. The monoisotopic (exact) mass is 390 g/mol. The Labute approximate surface area is 134 Å². The zero-order valence-electron chi connectivity index (χ0n) is 10.8. The molecule has 0 aliphatic rings. The number of thiazole rings is 1. The van der Waals surface area contributed by atoms with Crippen LogP contribution in [-0.2, 0) is 16.6 Å². The van der Waals surface area contributed by atoms with Crippen LogP contribution in [0, 0.1) is 6.92 Å². The number of rotatable bonds is 5. The minimum atomic E-state index is -3.75.